The Kier molecular flexibility index (Phi) is 56.3. The first kappa shape index (κ1) is 67.6. The number of unbranched alkanes of at least 4 members (excludes halogenated alkanes) is 44. The Morgan fingerprint density at radius 1 is 0.406 bits per heavy atom. The monoisotopic (exact) mass is 974 g/mol. The standard InChI is InChI=1S/C63H123NO5/c1-4-7-10-13-16-19-22-25-28-31-32-35-38-41-44-47-50-53-56-63(68)69-59(54-51-48-45-42-39-36-33-29-26-23-20-17-14-11-8-5-2)57-62(67)64-60(58-65)61(66)55-52-49-46-43-40-37-34-30-27-24-21-18-15-12-9-6-3/h36,39,59-61,65-66H,4-35,37-38,40-58H2,1-3H3,(H,64,67)/b39-36+. The Morgan fingerprint density at radius 3 is 1.04 bits per heavy atom. The largest absolute Gasteiger partial charge is 0.462 e. The normalized spacial score (nSPS) is 13.1. The molecule has 6 nitrogen and oxygen atoms in total. The molecule has 0 aromatic heterocycles. The summed E-state index contributed by atoms with van der Waals surface area (Å²) < 4.78 is 5.98. The average Bonchev–Trinajstić information content (AvgIpc) is 3.34. The summed E-state index contributed by atoms with van der Waals surface area (Å²) >= 11 is 0. The van der Waals surface area contributed by atoms with Crippen LogP contribution in [0.5, 0.6) is 0 Å². The smallest absolute Gasteiger partial charge is 0.306 e. The van der Waals surface area contributed by atoms with E-state index in [4.69, 9.17) is 4.74 Å². The molecule has 0 spiro atoms. The fourth-order valence-electron chi connectivity index (χ4n) is 10.1. The van der Waals surface area contributed by atoms with Gasteiger partial charge in [0.1, 0.15) is 6.10 Å². The first-order chi connectivity index (χ1) is 34.0. The Balaban J connectivity index is 4.50. The highest BCUT2D eigenvalue weighted by molar-refractivity contribution is 5.77. The molecule has 0 radical (unpaired) electrons. The van der Waals surface area contributed by atoms with Crippen LogP contribution in [-0.2, 0) is 14.3 Å². The van der Waals surface area contributed by atoms with Gasteiger partial charge in [-0.3, -0.25) is 9.59 Å². The van der Waals surface area contributed by atoms with Gasteiger partial charge >= 0.3 is 5.97 Å². The maximum absolute atomic E-state index is 13.3. The molecule has 0 aromatic carbocycles. The van der Waals surface area contributed by atoms with Crippen LogP contribution in [0.3, 0.4) is 0 Å². The van der Waals surface area contributed by atoms with Crippen molar-refractivity contribution in [3.63, 3.8) is 0 Å². The second kappa shape index (κ2) is 57.5. The summed E-state index contributed by atoms with van der Waals surface area (Å²) in [5.41, 5.74) is 0. The van der Waals surface area contributed by atoms with Crippen LogP contribution < -0.4 is 5.32 Å². The molecule has 3 atom stereocenters. The molecule has 0 aliphatic rings. The van der Waals surface area contributed by atoms with Crippen LogP contribution in [-0.4, -0.2) is 46.9 Å². The van der Waals surface area contributed by atoms with Crippen LogP contribution in [0.2, 0.25) is 0 Å². The first-order valence-corrected chi connectivity index (χ1v) is 31.4. The summed E-state index contributed by atoms with van der Waals surface area (Å²) in [6.45, 7) is 6.54. The molecule has 0 saturated heterocycles. The number of hydrogen-bond acceptors (Lipinski definition) is 5. The minimum absolute atomic E-state index is 0.0752. The second-order valence-electron chi connectivity index (χ2n) is 21.8. The third-order valence-electron chi connectivity index (χ3n) is 14.8. The number of allylic oxidation sites excluding steroid dienone is 2. The number of rotatable bonds is 58. The molecular weight excluding hydrogens is 851 g/mol. The number of esters is 1. The summed E-state index contributed by atoms with van der Waals surface area (Å²) in [6.07, 6.45) is 67.2. The summed E-state index contributed by atoms with van der Waals surface area (Å²) in [5, 5.41) is 24.0. The summed E-state index contributed by atoms with van der Waals surface area (Å²) in [4.78, 5) is 26.4. The summed E-state index contributed by atoms with van der Waals surface area (Å²) in [6, 6.07) is -0.702. The topological polar surface area (TPSA) is 95.9 Å². The minimum atomic E-state index is -0.787. The van der Waals surface area contributed by atoms with Gasteiger partial charge in [-0.2, -0.15) is 0 Å². The highest BCUT2D eigenvalue weighted by atomic mass is 16.5. The average molecular weight is 975 g/mol. The van der Waals surface area contributed by atoms with Crippen LogP contribution in [0, 0.1) is 0 Å². The van der Waals surface area contributed by atoms with Crippen LogP contribution >= 0.6 is 0 Å². The number of hydrogen-bond donors (Lipinski definition) is 3. The first-order valence-electron chi connectivity index (χ1n) is 31.4. The van der Waals surface area contributed by atoms with Crippen molar-refractivity contribution in [1.82, 2.24) is 5.32 Å². The van der Waals surface area contributed by atoms with E-state index in [1.807, 2.05) is 0 Å². The molecule has 0 fully saturated rings. The lowest BCUT2D eigenvalue weighted by Gasteiger charge is -2.24. The highest BCUT2D eigenvalue weighted by Crippen LogP contribution is 2.19. The van der Waals surface area contributed by atoms with Crippen molar-refractivity contribution in [3.05, 3.63) is 12.2 Å². The van der Waals surface area contributed by atoms with Gasteiger partial charge in [-0.25, -0.2) is 0 Å². The van der Waals surface area contributed by atoms with Gasteiger partial charge in [0.15, 0.2) is 0 Å². The molecule has 6 heteroatoms. The zero-order valence-electron chi connectivity index (χ0n) is 47.0. The lowest BCUT2D eigenvalue weighted by Crippen LogP contribution is -2.46. The maximum Gasteiger partial charge on any atom is 0.306 e. The summed E-state index contributed by atoms with van der Waals surface area (Å²) in [7, 11) is 0. The molecule has 0 saturated carbocycles. The number of carbonyl (C=O) groups excluding carboxylic acids is 2. The van der Waals surface area contributed by atoms with Gasteiger partial charge in [0.2, 0.25) is 5.91 Å². The van der Waals surface area contributed by atoms with E-state index >= 15 is 0 Å². The van der Waals surface area contributed by atoms with Crippen LogP contribution in [0.25, 0.3) is 0 Å². The molecule has 69 heavy (non-hydrogen) atoms. The van der Waals surface area contributed by atoms with Gasteiger partial charge in [-0.15, -0.1) is 0 Å². The number of amides is 1. The summed E-state index contributed by atoms with van der Waals surface area (Å²) in [5.74, 6) is -0.462. The predicted molar refractivity (Wildman–Crippen MR) is 301 cm³/mol. The lowest BCUT2D eigenvalue weighted by molar-refractivity contribution is -0.151. The van der Waals surface area contributed by atoms with Crippen LogP contribution in [0.15, 0.2) is 12.2 Å². The maximum atomic E-state index is 13.3. The van der Waals surface area contributed by atoms with E-state index in [0.29, 0.717) is 19.3 Å². The van der Waals surface area contributed by atoms with Gasteiger partial charge < -0.3 is 20.3 Å². The Bertz CT molecular complexity index is 1050. The predicted octanol–water partition coefficient (Wildman–Crippen LogP) is 19.6. The molecule has 1 amide bonds. The lowest BCUT2D eigenvalue weighted by atomic mass is 10.0. The molecule has 410 valence electrons. The van der Waals surface area contributed by atoms with E-state index in [1.54, 1.807) is 0 Å². The van der Waals surface area contributed by atoms with Crippen molar-refractivity contribution in [2.45, 2.75) is 373 Å². The van der Waals surface area contributed by atoms with Crippen molar-refractivity contribution in [2.75, 3.05) is 6.61 Å². The Morgan fingerprint density at radius 2 is 0.696 bits per heavy atom. The number of carbonyl (C=O) groups is 2. The number of ether oxygens (including phenoxy) is 1. The fourth-order valence-corrected chi connectivity index (χ4v) is 10.1. The van der Waals surface area contributed by atoms with Crippen LogP contribution in [0.4, 0.5) is 0 Å². The molecular formula is C63H123NO5. The number of nitrogens with one attached hydrogen (secondary N) is 1. The van der Waals surface area contributed by atoms with Gasteiger partial charge in [0.05, 0.1) is 25.2 Å². The van der Waals surface area contributed by atoms with Crippen molar-refractivity contribution in [2.24, 2.45) is 0 Å². The highest BCUT2D eigenvalue weighted by Gasteiger charge is 2.24. The molecule has 0 aliphatic heterocycles. The number of aliphatic hydroxyl groups is 2. The molecule has 3 unspecified atom stereocenters. The van der Waals surface area contributed by atoms with E-state index in [9.17, 15) is 19.8 Å². The molecule has 0 aromatic rings. The zero-order valence-corrected chi connectivity index (χ0v) is 47.0. The third-order valence-corrected chi connectivity index (χ3v) is 14.8. The van der Waals surface area contributed by atoms with E-state index in [1.165, 1.54) is 250 Å². The van der Waals surface area contributed by atoms with Crippen molar-refractivity contribution >= 4 is 11.9 Å². The van der Waals surface area contributed by atoms with Gasteiger partial charge in [0.25, 0.3) is 0 Å². The van der Waals surface area contributed by atoms with E-state index in [0.717, 1.165) is 57.8 Å². The van der Waals surface area contributed by atoms with Crippen molar-refractivity contribution in [1.29, 1.82) is 0 Å². The molecule has 0 heterocycles. The quantitative estimate of drug-likeness (QED) is 0.0321. The van der Waals surface area contributed by atoms with Gasteiger partial charge in [0, 0.05) is 6.42 Å². The molecule has 0 bridgehead atoms. The fraction of sp³-hybridized carbons (Fsp3) is 0.937. The molecule has 0 rings (SSSR count). The van der Waals surface area contributed by atoms with Crippen molar-refractivity contribution < 1.29 is 24.5 Å². The van der Waals surface area contributed by atoms with Crippen molar-refractivity contribution in [3.8, 4) is 0 Å². The second-order valence-corrected chi connectivity index (χ2v) is 21.8. The SMILES string of the molecule is CCCCCCCCCCC/C=C/CCCCCC(CC(=O)NC(CO)C(O)CCCCCCCCCCCCCCCCCC)OC(=O)CCCCCCCCCCCCCCCCCCCC. The van der Waals surface area contributed by atoms with Gasteiger partial charge in [-0.05, 0) is 51.4 Å². The molecule has 3 N–H and O–H groups in total. The molecule has 0 aliphatic carbocycles. The number of aliphatic hydroxyl groups excluding tert-OH is 2. The van der Waals surface area contributed by atoms with Crippen LogP contribution in [0.1, 0.15) is 355 Å². The van der Waals surface area contributed by atoms with E-state index in [-0.39, 0.29) is 24.9 Å². The van der Waals surface area contributed by atoms with E-state index < -0.39 is 18.2 Å². The zero-order chi connectivity index (χ0) is 50.2. The third kappa shape index (κ3) is 52.7. The Hall–Kier alpha value is -1.40. The minimum Gasteiger partial charge on any atom is -0.462 e. The van der Waals surface area contributed by atoms with Gasteiger partial charge in [-0.1, -0.05) is 303 Å². The van der Waals surface area contributed by atoms with E-state index in [2.05, 4.69) is 38.2 Å². The Labute approximate surface area is 431 Å².